The Bertz CT molecular complexity index is 575. The lowest BCUT2D eigenvalue weighted by molar-refractivity contribution is 0.0606. The van der Waals surface area contributed by atoms with E-state index >= 15 is 0 Å². The SMILES string of the molecule is CNN=Cc1ccc2sc(C(=O)OC)cc2c1. The summed E-state index contributed by atoms with van der Waals surface area (Å²) in [5.41, 5.74) is 3.68. The van der Waals surface area contributed by atoms with Crippen LogP contribution in [0.5, 0.6) is 0 Å². The minimum absolute atomic E-state index is 0.295. The third-order valence-electron chi connectivity index (χ3n) is 2.27. The fourth-order valence-corrected chi connectivity index (χ4v) is 2.44. The molecule has 0 radical (unpaired) electrons. The second-order valence-electron chi connectivity index (χ2n) is 3.38. The molecule has 1 heterocycles. The molecular formula is C12H12N2O2S. The first-order chi connectivity index (χ1) is 8.24. The molecule has 2 rings (SSSR count). The highest BCUT2D eigenvalue weighted by Gasteiger charge is 2.09. The van der Waals surface area contributed by atoms with E-state index in [-0.39, 0.29) is 5.97 Å². The molecule has 17 heavy (non-hydrogen) atoms. The van der Waals surface area contributed by atoms with Crippen LogP contribution in [0.3, 0.4) is 0 Å². The summed E-state index contributed by atoms with van der Waals surface area (Å²) in [7, 11) is 3.13. The van der Waals surface area contributed by atoms with E-state index in [1.165, 1.54) is 18.4 Å². The topological polar surface area (TPSA) is 50.7 Å². The van der Waals surface area contributed by atoms with Gasteiger partial charge in [0.05, 0.1) is 13.3 Å². The quantitative estimate of drug-likeness (QED) is 0.515. The average molecular weight is 248 g/mol. The molecular weight excluding hydrogens is 236 g/mol. The van der Waals surface area contributed by atoms with E-state index < -0.39 is 0 Å². The van der Waals surface area contributed by atoms with Crippen molar-refractivity contribution in [1.82, 2.24) is 5.43 Å². The number of esters is 1. The molecule has 0 bridgehead atoms. The van der Waals surface area contributed by atoms with Crippen LogP contribution in [-0.2, 0) is 4.74 Å². The van der Waals surface area contributed by atoms with Crippen molar-refractivity contribution in [2.24, 2.45) is 5.10 Å². The smallest absolute Gasteiger partial charge is 0.348 e. The highest BCUT2D eigenvalue weighted by molar-refractivity contribution is 7.20. The highest BCUT2D eigenvalue weighted by Crippen LogP contribution is 2.26. The van der Waals surface area contributed by atoms with Crippen molar-refractivity contribution in [2.75, 3.05) is 14.2 Å². The van der Waals surface area contributed by atoms with E-state index in [0.29, 0.717) is 4.88 Å². The van der Waals surface area contributed by atoms with Crippen molar-refractivity contribution in [2.45, 2.75) is 0 Å². The van der Waals surface area contributed by atoms with Gasteiger partial charge in [-0.1, -0.05) is 6.07 Å². The largest absolute Gasteiger partial charge is 0.465 e. The lowest BCUT2D eigenvalue weighted by atomic mass is 10.2. The van der Waals surface area contributed by atoms with Crippen LogP contribution >= 0.6 is 11.3 Å². The maximum Gasteiger partial charge on any atom is 0.348 e. The number of fused-ring (bicyclic) bond motifs is 1. The molecule has 0 aliphatic rings. The molecule has 0 saturated heterocycles. The Morgan fingerprint density at radius 1 is 1.47 bits per heavy atom. The van der Waals surface area contributed by atoms with E-state index in [9.17, 15) is 4.79 Å². The first-order valence-corrected chi connectivity index (χ1v) is 5.88. The molecule has 1 N–H and O–H groups in total. The molecule has 0 aliphatic carbocycles. The number of hydrogen-bond acceptors (Lipinski definition) is 5. The number of rotatable bonds is 3. The van der Waals surface area contributed by atoms with Gasteiger partial charge in [0.2, 0.25) is 0 Å². The molecule has 0 amide bonds. The third kappa shape index (κ3) is 2.45. The van der Waals surface area contributed by atoms with Gasteiger partial charge in [-0.25, -0.2) is 4.79 Å². The molecule has 0 saturated carbocycles. The summed E-state index contributed by atoms with van der Waals surface area (Å²) in [4.78, 5) is 12.0. The van der Waals surface area contributed by atoms with Gasteiger partial charge in [0.15, 0.2) is 0 Å². The van der Waals surface area contributed by atoms with Gasteiger partial charge < -0.3 is 10.2 Å². The van der Waals surface area contributed by atoms with Gasteiger partial charge in [-0.2, -0.15) is 5.10 Å². The molecule has 88 valence electrons. The van der Waals surface area contributed by atoms with Gasteiger partial charge in [-0.15, -0.1) is 11.3 Å². The minimum Gasteiger partial charge on any atom is -0.465 e. The summed E-state index contributed by atoms with van der Waals surface area (Å²) in [5.74, 6) is -0.295. The van der Waals surface area contributed by atoms with Crippen LogP contribution in [0.4, 0.5) is 0 Å². The van der Waals surface area contributed by atoms with E-state index in [0.717, 1.165) is 15.6 Å². The van der Waals surface area contributed by atoms with Gasteiger partial charge in [0.1, 0.15) is 4.88 Å². The number of hydrazone groups is 1. The molecule has 0 aliphatic heterocycles. The average Bonchev–Trinajstić information content (AvgIpc) is 2.78. The van der Waals surface area contributed by atoms with Crippen LogP contribution in [0.15, 0.2) is 29.4 Å². The highest BCUT2D eigenvalue weighted by atomic mass is 32.1. The summed E-state index contributed by atoms with van der Waals surface area (Å²) in [5, 5.41) is 4.97. The zero-order valence-electron chi connectivity index (χ0n) is 9.56. The van der Waals surface area contributed by atoms with Crippen LogP contribution in [-0.4, -0.2) is 26.3 Å². The summed E-state index contributed by atoms with van der Waals surface area (Å²) >= 11 is 1.43. The predicted octanol–water partition coefficient (Wildman–Crippen LogP) is 2.24. The maximum absolute atomic E-state index is 11.4. The molecule has 0 spiro atoms. The van der Waals surface area contributed by atoms with E-state index in [1.807, 2.05) is 24.3 Å². The van der Waals surface area contributed by atoms with Crippen LogP contribution in [0.2, 0.25) is 0 Å². The van der Waals surface area contributed by atoms with Crippen LogP contribution in [0.1, 0.15) is 15.2 Å². The monoisotopic (exact) mass is 248 g/mol. The Morgan fingerprint density at radius 3 is 3.00 bits per heavy atom. The summed E-state index contributed by atoms with van der Waals surface area (Å²) in [6.45, 7) is 0. The standard InChI is InChI=1S/C12H12N2O2S/c1-13-14-7-8-3-4-10-9(5-8)6-11(17-10)12(15)16-2/h3-7,13H,1-2H3. The summed E-state index contributed by atoms with van der Waals surface area (Å²) in [6, 6.07) is 7.76. The van der Waals surface area contributed by atoms with E-state index in [1.54, 1.807) is 13.3 Å². The fourth-order valence-electron chi connectivity index (χ4n) is 1.48. The predicted molar refractivity (Wildman–Crippen MR) is 69.8 cm³/mol. The number of carbonyl (C=O) groups excluding carboxylic acids is 1. The second-order valence-corrected chi connectivity index (χ2v) is 4.47. The molecule has 0 fully saturated rings. The van der Waals surface area contributed by atoms with Gasteiger partial charge in [0.25, 0.3) is 0 Å². The zero-order chi connectivity index (χ0) is 12.3. The Balaban J connectivity index is 2.40. The molecule has 1 aromatic carbocycles. The number of nitrogens with zero attached hydrogens (tertiary/aromatic N) is 1. The first-order valence-electron chi connectivity index (χ1n) is 5.06. The van der Waals surface area contributed by atoms with Gasteiger partial charge in [0, 0.05) is 11.7 Å². The first kappa shape index (κ1) is 11.6. The van der Waals surface area contributed by atoms with Crippen LogP contribution in [0, 0.1) is 0 Å². The number of nitrogens with one attached hydrogen (secondary N) is 1. The van der Waals surface area contributed by atoms with Crippen molar-refractivity contribution in [3.63, 3.8) is 0 Å². The molecule has 0 atom stereocenters. The summed E-state index contributed by atoms with van der Waals surface area (Å²) in [6.07, 6.45) is 1.73. The summed E-state index contributed by atoms with van der Waals surface area (Å²) < 4.78 is 5.76. The molecule has 5 heteroatoms. The lowest BCUT2D eigenvalue weighted by Crippen LogP contribution is -1.96. The van der Waals surface area contributed by atoms with Crippen molar-refractivity contribution in [1.29, 1.82) is 0 Å². The van der Waals surface area contributed by atoms with Crippen LogP contribution in [0.25, 0.3) is 10.1 Å². The maximum atomic E-state index is 11.4. The van der Waals surface area contributed by atoms with Crippen LogP contribution < -0.4 is 5.43 Å². The van der Waals surface area contributed by atoms with Gasteiger partial charge in [-0.3, -0.25) is 0 Å². The Labute approximate surface area is 103 Å². The van der Waals surface area contributed by atoms with Crippen molar-refractivity contribution < 1.29 is 9.53 Å². The van der Waals surface area contributed by atoms with Gasteiger partial charge in [-0.05, 0) is 29.1 Å². The number of benzene rings is 1. The minimum atomic E-state index is -0.295. The number of ether oxygens (including phenoxy) is 1. The number of carbonyl (C=O) groups is 1. The normalized spacial score (nSPS) is 10.9. The number of hydrogen-bond donors (Lipinski definition) is 1. The van der Waals surface area contributed by atoms with Gasteiger partial charge >= 0.3 is 5.97 Å². The zero-order valence-corrected chi connectivity index (χ0v) is 10.4. The molecule has 2 aromatic rings. The van der Waals surface area contributed by atoms with E-state index in [2.05, 4.69) is 10.5 Å². The Morgan fingerprint density at radius 2 is 2.29 bits per heavy atom. The number of thiophene rings is 1. The van der Waals surface area contributed by atoms with Crippen molar-refractivity contribution >= 4 is 33.6 Å². The van der Waals surface area contributed by atoms with E-state index in [4.69, 9.17) is 4.74 Å². The Hall–Kier alpha value is -1.88. The molecule has 4 nitrogen and oxygen atoms in total. The fraction of sp³-hybridized carbons (Fsp3) is 0.167. The Kier molecular flexibility index (Phi) is 3.39. The number of methoxy groups -OCH3 is 1. The van der Waals surface area contributed by atoms with Crippen molar-refractivity contribution in [3.8, 4) is 0 Å². The second kappa shape index (κ2) is 4.97. The third-order valence-corrected chi connectivity index (χ3v) is 3.37. The van der Waals surface area contributed by atoms with Crippen molar-refractivity contribution in [3.05, 3.63) is 34.7 Å². The lowest BCUT2D eigenvalue weighted by Gasteiger charge is -1.93. The molecule has 0 unspecified atom stereocenters. The molecule has 1 aromatic heterocycles.